The fraction of sp³-hybridized carbons (Fsp3) is 0.286. The van der Waals surface area contributed by atoms with Crippen LogP contribution in [0.25, 0.3) is 11.0 Å². The summed E-state index contributed by atoms with van der Waals surface area (Å²) < 4.78 is 2.07. The number of hydrogen-bond acceptors (Lipinski definition) is 3. The van der Waals surface area contributed by atoms with Gasteiger partial charge in [-0.05, 0) is 56.2 Å². The van der Waals surface area contributed by atoms with Crippen molar-refractivity contribution in [2.75, 3.05) is 13.1 Å². The van der Waals surface area contributed by atoms with Crippen LogP contribution in [0.3, 0.4) is 0 Å². The lowest BCUT2D eigenvalue weighted by Crippen LogP contribution is -2.38. The van der Waals surface area contributed by atoms with E-state index in [1.807, 2.05) is 57.2 Å². The molecule has 0 aliphatic heterocycles. The fourth-order valence-corrected chi connectivity index (χ4v) is 2.99. The molecule has 3 rings (SSSR count). The van der Waals surface area contributed by atoms with Crippen molar-refractivity contribution in [2.24, 2.45) is 0 Å². The number of nitrogens with zero attached hydrogens (tertiary/aromatic N) is 2. The Balaban J connectivity index is 1.49. The number of fused-ring (bicyclic) bond motifs is 1. The van der Waals surface area contributed by atoms with Crippen LogP contribution < -0.4 is 10.6 Å². The minimum Gasteiger partial charge on any atom is -0.353 e. The predicted octanol–water partition coefficient (Wildman–Crippen LogP) is 2.51. The van der Waals surface area contributed by atoms with Gasteiger partial charge in [0, 0.05) is 18.7 Å². The second-order valence-electron chi connectivity index (χ2n) is 6.63. The number of carbonyl (C=O) groups excluding carboxylic acids is 2. The predicted molar refractivity (Wildman–Crippen MR) is 106 cm³/mol. The number of amides is 2. The third-order valence-corrected chi connectivity index (χ3v) is 4.68. The van der Waals surface area contributed by atoms with Crippen molar-refractivity contribution in [3.8, 4) is 0 Å². The van der Waals surface area contributed by atoms with E-state index in [4.69, 9.17) is 0 Å². The van der Waals surface area contributed by atoms with E-state index in [0.717, 1.165) is 28.0 Å². The quantitative estimate of drug-likeness (QED) is 0.706. The van der Waals surface area contributed by atoms with Crippen LogP contribution in [-0.2, 0) is 11.3 Å². The van der Waals surface area contributed by atoms with Gasteiger partial charge in [-0.1, -0.05) is 18.2 Å². The number of rotatable bonds is 6. The molecular formula is C21H24N4O2. The Morgan fingerprint density at radius 2 is 1.78 bits per heavy atom. The Bertz CT molecular complexity index is 991. The molecule has 2 aromatic carbocycles. The molecule has 0 bridgehead atoms. The van der Waals surface area contributed by atoms with Gasteiger partial charge in [0.2, 0.25) is 5.91 Å². The summed E-state index contributed by atoms with van der Waals surface area (Å²) in [6.07, 6.45) is 0. The van der Waals surface area contributed by atoms with Crippen molar-refractivity contribution >= 4 is 22.8 Å². The average Bonchev–Trinajstić information content (AvgIpc) is 2.97. The number of para-hydroxylation sites is 2. The summed E-state index contributed by atoms with van der Waals surface area (Å²) in [6.45, 7) is 6.96. The molecule has 2 N–H and O–H groups in total. The third-order valence-electron chi connectivity index (χ3n) is 4.68. The zero-order valence-electron chi connectivity index (χ0n) is 15.9. The first-order valence-corrected chi connectivity index (χ1v) is 8.99. The van der Waals surface area contributed by atoms with Crippen molar-refractivity contribution in [3.63, 3.8) is 0 Å². The minimum atomic E-state index is -0.246. The molecule has 1 aromatic heterocycles. The molecular weight excluding hydrogens is 340 g/mol. The summed E-state index contributed by atoms with van der Waals surface area (Å²) in [7, 11) is 0. The Morgan fingerprint density at radius 3 is 2.56 bits per heavy atom. The summed E-state index contributed by atoms with van der Waals surface area (Å²) in [4.78, 5) is 28.7. The van der Waals surface area contributed by atoms with Crippen molar-refractivity contribution in [2.45, 2.75) is 27.3 Å². The van der Waals surface area contributed by atoms with Crippen LogP contribution in [0.2, 0.25) is 0 Å². The van der Waals surface area contributed by atoms with Crippen LogP contribution in [-0.4, -0.2) is 34.5 Å². The van der Waals surface area contributed by atoms with Crippen LogP contribution in [0.15, 0.2) is 42.5 Å². The second kappa shape index (κ2) is 8.03. The number of nitrogens with one attached hydrogen (secondary N) is 2. The van der Waals surface area contributed by atoms with Gasteiger partial charge in [-0.2, -0.15) is 0 Å². The van der Waals surface area contributed by atoms with Gasteiger partial charge in [-0.15, -0.1) is 0 Å². The molecule has 0 saturated heterocycles. The highest BCUT2D eigenvalue weighted by Gasteiger charge is 2.10. The summed E-state index contributed by atoms with van der Waals surface area (Å²) in [5.41, 5.74) is 4.74. The molecule has 1 heterocycles. The molecule has 0 radical (unpaired) electrons. The second-order valence-corrected chi connectivity index (χ2v) is 6.63. The van der Waals surface area contributed by atoms with Crippen molar-refractivity contribution in [3.05, 3.63) is 65.0 Å². The van der Waals surface area contributed by atoms with Gasteiger partial charge in [0.05, 0.1) is 17.6 Å². The lowest BCUT2D eigenvalue weighted by molar-refractivity contribution is -0.120. The number of aromatic nitrogens is 2. The maximum Gasteiger partial charge on any atom is 0.251 e. The number of hydrogen-bond donors (Lipinski definition) is 2. The molecule has 0 aliphatic rings. The molecule has 6 heteroatoms. The fourth-order valence-electron chi connectivity index (χ4n) is 2.99. The Hall–Kier alpha value is -3.15. The average molecular weight is 364 g/mol. The van der Waals surface area contributed by atoms with Gasteiger partial charge < -0.3 is 15.2 Å². The lowest BCUT2D eigenvalue weighted by atomic mass is 10.1. The summed E-state index contributed by atoms with van der Waals surface area (Å²) in [6, 6.07) is 13.4. The molecule has 2 amide bonds. The molecule has 0 spiro atoms. The van der Waals surface area contributed by atoms with Gasteiger partial charge in [0.1, 0.15) is 5.82 Å². The first-order chi connectivity index (χ1) is 13.0. The first-order valence-electron chi connectivity index (χ1n) is 8.99. The molecule has 6 nitrogen and oxygen atoms in total. The van der Waals surface area contributed by atoms with E-state index < -0.39 is 0 Å². The first kappa shape index (κ1) is 18.6. The van der Waals surface area contributed by atoms with Gasteiger partial charge in [-0.3, -0.25) is 9.59 Å². The Labute approximate surface area is 158 Å². The van der Waals surface area contributed by atoms with Crippen LogP contribution in [0, 0.1) is 20.8 Å². The number of aryl methyl sites for hydroxylation is 3. The van der Waals surface area contributed by atoms with Crippen LogP contribution in [0.1, 0.15) is 27.3 Å². The summed E-state index contributed by atoms with van der Waals surface area (Å²) >= 11 is 0. The maximum atomic E-state index is 12.2. The largest absolute Gasteiger partial charge is 0.353 e. The van der Waals surface area contributed by atoms with E-state index in [0.29, 0.717) is 18.7 Å². The summed E-state index contributed by atoms with van der Waals surface area (Å²) in [5.74, 6) is 0.451. The molecule has 0 atom stereocenters. The topological polar surface area (TPSA) is 76.0 Å². The number of imidazole rings is 1. The zero-order valence-corrected chi connectivity index (χ0v) is 15.9. The monoisotopic (exact) mass is 364 g/mol. The minimum absolute atomic E-state index is 0.0462. The van der Waals surface area contributed by atoms with Gasteiger partial charge in [0.25, 0.3) is 5.91 Å². The highest BCUT2D eigenvalue weighted by Crippen LogP contribution is 2.14. The molecule has 0 fully saturated rings. The highest BCUT2D eigenvalue weighted by molar-refractivity contribution is 5.96. The molecule has 3 aromatic rings. The normalized spacial score (nSPS) is 10.8. The summed E-state index contributed by atoms with van der Waals surface area (Å²) in [5, 5.41) is 5.50. The Kier molecular flexibility index (Phi) is 5.54. The van der Waals surface area contributed by atoms with Crippen molar-refractivity contribution < 1.29 is 9.59 Å². The Morgan fingerprint density at radius 1 is 1.00 bits per heavy atom. The standard InChI is InChI=1S/C21H24N4O2/c1-14-8-9-17(12-15(14)2)21(27)23-13-20(26)22-10-11-25-16(3)24-18-6-4-5-7-19(18)25/h4-9,12H,10-11,13H2,1-3H3,(H,22,26)(H,23,27). The molecule has 0 aliphatic carbocycles. The van der Waals surface area contributed by atoms with E-state index in [2.05, 4.69) is 20.2 Å². The number of benzene rings is 2. The zero-order chi connectivity index (χ0) is 19.4. The SMILES string of the molecule is Cc1ccc(C(=O)NCC(=O)NCCn2c(C)nc3ccccc32)cc1C. The van der Waals surface area contributed by atoms with E-state index >= 15 is 0 Å². The number of carbonyl (C=O) groups is 2. The van der Waals surface area contributed by atoms with E-state index in [1.165, 1.54) is 0 Å². The molecule has 27 heavy (non-hydrogen) atoms. The van der Waals surface area contributed by atoms with Crippen LogP contribution in [0.4, 0.5) is 0 Å². The maximum absolute atomic E-state index is 12.2. The van der Waals surface area contributed by atoms with Crippen LogP contribution >= 0.6 is 0 Å². The van der Waals surface area contributed by atoms with Gasteiger partial charge in [-0.25, -0.2) is 4.98 Å². The third kappa shape index (κ3) is 4.34. The smallest absolute Gasteiger partial charge is 0.251 e. The van der Waals surface area contributed by atoms with E-state index in [-0.39, 0.29) is 18.4 Å². The van der Waals surface area contributed by atoms with Gasteiger partial charge >= 0.3 is 0 Å². The van der Waals surface area contributed by atoms with E-state index in [9.17, 15) is 9.59 Å². The molecule has 0 unspecified atom stereocenters. The van der Waals surface area contributed by atoms with E-state index in [1.54, 1.807) is 6.07 Å². The molecule has 140 valence electrons. The van der Waals surface area contributed by atoms with Crippen molar-refractivity contribution in [1.29, 1.82) is 0 Å². The van der Waals surface area contributed by atoms with Crippen LogP contribution in [0.5, 0.6) is 0 Å². The molecule has 0 saturated carbocycles. The van der Waals surface area contributed by atoms with Crippen molar-refractivity contribution in [1.82, 2.24) is 20.2 Å². The lowest BCUT2D eigenvalue weighted by Gasteiger charge is -2.10. The van der Waals surface area contributed by atoms with Gasteiger partial charge in [0.15, 0.2) is 0 Å². The highest BCUT2D eigenvalue weighted by atomic mass is 16.2.